The first-order valence-electron chi connectivity index (χ1n) is 5.39. The number of benzene rings is 1. The van der Waals surface area contributed by atoms with Crippen molar-refractivity contribution in [2.45, 2.75) is 25.5 Å². The number of hydrogen-bond acceptors (Lipinski definition) is 4. The maximum Gasteiger partial charge on any atom is 0.119 e. The van der Waals surface area contributed by atoms with Crippen LogP contribution in [0.1, 0.15) is 24.9 Å². The number of nitrogens with one attached hydrogen (secondary N) is 1. The molecule has 16 heavy (non-hydrogen) atoms. The molecule has 3 N–H and O–H groups in total. The van der Waals surface area contributed by atoms with Gasteiger partial charge >= 0.3 is 0 Å². The van der Waals surface area contributed by atoms with Gasteiger partial charge in [-0.15, -0.1) is 0 Å². The SMILES string of the molecule is CCC(OC)C(NN)c1cccc(OC)c1. The van der Waals surface area contributed by atoms with E-state index in [2.05, 4.69) is 12.3 Å². The van der Waals surface area contributed by atoms with Crippen LogP contribution in [0.15, 0.2) is 24.3 Å². The normalized spacial score (nSPS) is 14.5. The van der Waals surface area contributed by atoms with Crippen molar-refractivity contribution in [3.05, 3.63) is 29.8 Å². The molecule has 1 aromatic carbocycles. The lowest BCUT2D eigenvalue weighted by Gasteiger charge is -2.25. The van der Waals surface area contributed by atoms with Crippen LogP contribution < -0.4 is 16.0 Å². The van der Waals surface area contributed by atoms with Crippen molar-refractivity contribution >= 4 is 0 Å². The van der Waals surface area contributed by atoms with Crippen molar-refractivity contribution in [2.75, 3.05) is 14.2 Å². The number of hydrazine groups is 1. The Morgan fingerprint density at radius 2 is 2.12 bits per heavy atom. The maximum absolute atomic E-state index is 5.58. The summed E-state index contributed by atoms with van der Waals surface area (Å²) in [4.78, 5) is 0. The average molecular weight is 224 g/mol. The van der Waals surface area contributed by atoms with Crippen LogP contribution in [0.2, 0.25) is 0 Å². The van der Waals surface area contributed by atoms with Crippen molar-refractivity contribution in [2.24, 2.45) is 5.84 Å². The quantitative estimate of drug-likeness (QED) is 0.569. The second-order valence-electron chi connectivity index (χ2n) is 3.60. The van der Waals surface area contributed by atoms with Crippen LogP contribution in [-0.4, -0.2) is 20.3 Å². The van der Waals surface area contributed by atoms with E-state index < -0.39 is 0 Å². The lowest BCUT2D eigenvalue weighted by molar-refractivity contribution is 0.0650. The van der Waals surface area contributed by atoms with Gasteiger partial charge < -0.3 is 9.47 Å². The lowest BCUT2D eigenvalue weighted by Crippen LogP contribution is -2.37. The van der Waals surface area contributed by atoms with E-state index in [1.54, 1.807) is 14.2 Å². The van der Waals surface area contributed by atoms with E-state index in [4.69, 9.17) is 15.3 Å². The third-order valence-electron chi connectivity index (χ3n) is 2.71. The van der Waals surface area contributed by atoms with E-state index in [1.165, 1.54) is 0 Å². The Morgan fingerprint density at radius 3 is 2.62 bits per heavy atom. The summed E-state index contributed by atoms with van der Waals surface area (Å²) < 4.78 is 10.6. The van der Waals surface area contributed by atoms with Crippen molar-refractivity contribution in [3.63, 3.8) is 0 Å². The van der Waals surface area contributed by atoms with Crippen LogP contribution in [0.3, 0.4) is 0 Å². The van der Waals surface area contributed by atoms with Gasteiger partial charge in [-0.3, -0.25) is 11.3 Å². The van der Waals surface area contributed by atoms with Gasteiger partial charge in [-0.2, -0.15) is 0 Å². The molecule has 2 atom stereocenters. The minimum Gasteiger partial charge on any atom is -0.497 e. The van der Waals surface area contributed by atoms with Gasteiger partial charge in [0.15, 0.2) is 0 Å². The average Bonchev–Trinajstić information content (AvgIpc) is 2.35. The monoisotopic (exact) mass is 224 g/mol. The van der Waals surface area contributed by atoms with E-state index in [1.807, 2.05) is 24.3 Å². The fraction of sp³-hybridized carbons (Fsp3) is 0.500. The molecule has 1 aromatic rings. The zero-order chi connectivity index (χ0) is 12.0. The number of methoxy groups -OCH3 is 2. The predicted molar refractivity (Wildman–Crippen MR) is 64.1 cm³/mol. The topological polar surface area (TPSA) is 56.5 Å². The van der Waals surface area contributed by atoms with E-state index in [-0.39, 0.29) is 12.1 Å². The number of rotatable bonds is 6. The first kappa shape index (κ1) is 13.0. The summed E-state index contributed by atoms with van der Waals surface area (Å²) >= 11 is 0. The molecule has 0 aliphatic carbocycles. The minimum atomic E-state index is -0.0231. The highest BCUT2D eigenvalue weighted by atomic mass is 16.5. The Labute approximate surface area is 96.7 Å². The second kappa shape index (κ2) is 6.48. The number of nitrogens with two attached hydrogens (primary N) is 1. The molecule has 0 saturated heterocycles. The van der Waals surface area contributed by atoms with E-state index >= 15 is 0 Å². The molecule has 0 fully saturated rings. The highest BCUT2D eigenvalue weighted by Gasteiger charge is 2.20. The fourth-order valence-corrected chi connectivity index (χ4v) is 1.79. The summed E-state index contributed by atoms with van der Waals surface area (Å²) in [6, 6.07) is 7.80. The molecule has 0 heterocycles. The standard InChI is InChI=1S/C12H20N2O2/c1-4-11(16-3)12(14-13)9-6-5-7-10(8-9)15-2/h5-8,11-12,14H,4,13H2,1-3H3. The molecule has 0 amide bonds. The van der Waals surface area contributed by atoms with Crippen LogP contribution in [0.4, 0.5) is 0 Å². The van der Waals surface area contributed by atoms with Gasteiger partial charge in [0.25, 0.3) is 0 Å². The smallest absolute Gasteiger partial charge is 0.119 e. The molecule has 0 aliphatic heterocycles. The predicted octanol–water partition coefficient (Wildman–Crippen LogP) is 1.62. The maximum atomic E-state index is 5.58. The highest BCUT2D eigenvalue weighted by molar-refractivity contribution is 5.31. The third kappa shape index (κ3) is 2.95. The fourth-order valence-electron chi connectivity index (χ4n) is 1.79. The van der Waals surface area contributed by atoms with Crippen molar-refractivity contribution in [1.82, 2.24) is 5.43 Å². The van der Waals surface area contributed by atoms with Crippen molar-refractivity contribution < 1.29 is 9.47 Å². The molecule has 0 bridgehead atoms. The van der Waals surface area contributed by atoms with Gasteiger partial charge in [-0.05, 0) is 24.1 Å². The first-order valence-corrected chi connectivity index (χ1v) is 5.39. The molecule has 0 saturated carbocycles. The van der Waals surface area contributed by atoms with Crippen LogP contribution in [0.5, 0.6) is 5.75 Å². The summed E-state index contributed by atoms with van der Waals surface area (Å²) in [5.41, 5.74) is 3.86. The molecular formula is C12H20N2O2. The molecule has 4 nitrogen and oxygen atoms in total. The highest BCUT2D eigenvalue weighted by Crippen LogP contribution is 2.23. The Balaban J connectivity index is 2.93. The van der Waals surface area contributed by atoms with Crippen molar-refractivity contribution in [3.8, 4) is 5.75 Å². The molecule has 0 radical (unpaired) electrons. The summed E-state index contributed by atoms with van der Waals surface area (Å²) in [5, 5.41) is 0. The molecule has 90 valence electrons. The molecule has 1 rings (SSSR count). The summed E-state index contributed by atoms with van der Waals surface area (Å²) in [5.74, 6) is 6.40. The first-order chi connectivity index (χ1) is 7.76. The Bertz CT molecular complexity index is 314. The number of ether oxygens (including phenoxy) is 2. The lowest BCUT2D eigenvalue weighted by atomic mass is 10.00. The summed E-state index contributed by atoms with van der Waals surface area (Å²) in [7, 11) is 3.34. The van der Waals surface area contributed by atoms with E-state index in [0.717, 1.165) is 17.7 Å². The second-order valence-corrected chi connectivity index (χ2v) is 3.60. The molecule has 0 aliphatic rings. The molecular weight excluding hydrogens is 204 g/mol. The van der Waals surface area contributed by atoms with Gasteiger partial charge in [-0.1, -0.05) is 19.1 Å². The Kier molecular flexibility index (Phi) is 5.25. The third-order valence-corrected chi connectivity index (χ3v) is 2.71. The van der Waals surface area contributed by atoms with Gasteiger partial charge in [0.2, 0.25) is 0 Å². The van der Waals surface area contributed by atoms with Crippen molar-refractivity contribution in [1.29, 1.82) is 0 Å². The van der Waals surface area contributed by atoms with E-state index in [9.17, 15) is 0 Å². The van der Waals surface area contributed by atoms with Crippen LogP contribution in [0.25, 0.3) is 0 Å². The molecule has 0 spiro atoms. The summed E-state index contributed by atoms with van der Waals surface area (Å²) in [6.07, 6.45) is 0.944. The van der Waals surface area contributed by atoms with Gasteiger partial charge in [0.05, 0.1) is 19.3 Å². The van der Waals surface area contributed by atoms with Gasteiger partial charge in [0, 0.05) is 7.11 Å². The molecule has 0 aromatic heterocycles. The Hall–Kier alpha value is -1.10. The zero-order valence-corrected chi connectivity index (χ0v) is 10.1. The van der Waals surface area contributed by atoms with Crippen LogP contribution in [0, 0.1) is 0 Å². The summed E-state index contributed by atoms with van der Waals surface area (Å²) in [6.45, 7) is 2.07. The zero-order valence-electron chi connectivity index (χ0n) is 10.1. The molecule has 2 unspecified atom stereocenters. The van der Waals surface area contributed by atoms with Crippen LogP contribution in [-0.2, 0) is 4.74 Å². The minimum absolute atomic E-state index is 0.0231. The largest absolute Gasteiger partial charge is 0.497 e. The van der Waals surface area contributed by atoms with Gasteiger partial charge in [0.1, 0.15) is 5.75 Å². The van der Waals surface area contributed by atoms with E-state index in [0.29, 0.717) is 0 Å². The Morgan fingerprint density at radius 1 is 1.38 bits per heavy atom. The van der Waals surface area contributed by atoms with Crippen LogP contribution >= 0.6 is 0 Å². The number of hydrogen-bond donors (Lipinski definition) is 2. The molecule has 4 heteroatoms. The van der Waals surface area contributed by atoms with Gasteiger partial charge in [-0.25, -0.2) is 0 Å².